The second-order valence-corrected chi connectivity index (χ2v) is 5.41. The van der Waals surface area contributed by atoms with Crippen molar-refractivity contribution in [1.82, 2.24) is 0 Å². The second kappa shape index (κ2) is 5.03. The molecule has 1 N–H and O–H groups in total. The molecule has 0 radical (unpaired) electrons. The van der Waals surface area contributed by atoms with Gasteiger partial charge in [-0.2, -0.15) is 0 Å². The van der Waals surface area contributed by atoms with E-state index in [4.69, 9.17) is 5.11 Å². The summed E-state index contributed by atoms with van der Waals surface area (Å²) in [7, 11) is 0. The topological polar surface area (TPSA) is 40.5 Å². The molecule has 0 amide bonds. The summed E-state index contributed by atoms with van der Waals surface area (Å²) >= 11 is 0. The fraction of sp³-hybridized carbons (Fsp3) is 0.400. The normalized spacial score (nSPS) is 18.2. The molecule has 19 heavy (non-hydrogen) atoms. The molecule has 1 fully saturated rings. The Bertz CT molecular complexity index is 523. The third kappa shape index (κ3) is 2.78. The average molecular weight is 263 g/mol. The summed E-state index contributed by atoms with van der Waals surface area (Å²) in [6.45, 7) is 5.11. The van der Waals surface area contributed by atoms with E-state index in [1.54, 1.807) is 6.07 Å². The molecule has 0 aliphatic carbocycles. The molecular formula is C15H18FNO2. The van der Waals surface area contributed by atoms with E-state index >= 15 is 0 Å². The average Bonchev–Trinajstić information content (AvgIpc) is 2.66. The van der Waals surface area contributed by atoms with Crippen molar-refractivity contribution in [1.29, 1.82) is 0 Å². The van der Waals surface area contributed by atoms with E-state index < -0.39 is 11.8 Å². The van der Waals surface area contributed by atoms with Crippen molar-refractivity contribution in [3.63, 3.8) is 0 Å². The highest BCUT2D eigenvalue weighted by molar-refractivity contribution is 5.87. The Labute approximate surface area is 112 Å². The lowest BCUT2D eigenvalue weighted by Crippen LogP contribution is -2.38. The maximum absolute atomic E-state index is 13.9. The smallest absolute Gasteiger partial charge is 0.328 e. The van der Waals surface area contributed by atoms with Crippen LogP contribution in [0.15, 0.2) is 24.3 Å². The van der Waals surface area contributed by atoms with E-state index in [2.05, 4.69) is 18.7 Å². The summed E-state index contributed by atoms with van der Waals surface area (Å²) in [5.41, 5.74) is 1.08. The van der Waals surface area contributed by atoms with Gasteiger partial charge in [-0.3, -0.25) is 0 Å². The second-order valence-electron chi connectivity index (χ2n) is 5.41. The first kappa shape index (κ1) is 13.6. The van der Waals surface area contributed by atoms with E-state index in [0.717, 1.165) is 31.1 Å². The van der Waals surface area contributed by atoms with Crippen molar-refractivity contribution in [2.45, 2.75) is 32.2 Å². The van der Waals surface area contributed by atoms with Gasteiger partial charge in [-0.25, -0.2) is 9.18 Å². The molecule has 1 aliphatic heterocycles. The zero-order valence-corrected chi connectivity index (χ0v) is 11.2. The van der Waals surface area contributed by atoms with Gasteiger partial charge in [0.2, 0.25) is 0 Å². The number of hydrogen-bond acceptors (Lipinski definition) is 2. The minimum atomic E-state index is -1.07. The molecule has 0 atom stereocenters. The molecule has 0 unspecified atom stereocenters. The molecule has 0 spiro atoms. The van der Waals surface area contributed by atoms with Gasteiger partial charge in [0.1, 0.15) is 5.82 Å². The van der Waals surface area contributed by atoms with Crippen molar-refractivity contribution >= 4 is 17.7 Å². The standard InChI is InChI=1S/C15H18FNO2/c1-15(2)9-4-10-17(15)13-6-3-5-12(16)11(13)7-8-14(18)19/h3,5-8H,4,9-10H2,1-2H3,(H,18,19)/b8-7+. The third-order valence-corrected chi connectivity index (χ3v) is 3.61. The van der Waals surface area contributed by atoms with Crippen LogP contribution in [0.25, 0.3) is 6.08 Å². The maximum Gasteiger partial charge on any atom is 0.328 e. The number of aliphatic carboxylic acids is 1. The Kier molecular flexibility index (Phi) is 3.60. The van der Waals surface area contributed by atoms with Gasteiger partial charge in [0.05, 0.1) is 0 Å². The number of halogens is 1. The van der Waals surface area contributed by atoms with Crippen molar-refractivity contribution in [3.8, 4) is 0 Å². The van der Waals surface area contributed by atoms with Crippen LogP contribution in [0.4, 0.5) is 10.1 Å². The van der Waals surface area contributed by atoms with Crippen LogP contribution < -0.4 is 4.90 Å². The van der Waals surface area contributed by atoms with Gasteiger partial charge in [-0.15, -0.1) is 0 Å². The minimum Gasteiger partial charge on any atom is -0.478 e. The zero-order valence-electron chi connectivity index (χ0n) is 11.2. The monoisotopic (exact) mass is 263 g/mol. The molecular weight excluding hydrogens is 245 g/mol. The SMILES string of the molecule is CC1(C)CCCN1c1cccc(F)c1/C=C/C(=O)O. The molecule has 102 valence electrons. The lowest BCUT2D eigenvalue weighted by Gasteiger charge is -2.34. The quantitative estimate of drug-likeness (QED) is 0.851. The first-order valence-electron chi connectivity index (χ1n) is 6.39. The van der Waals surface area contributed by atoms with Gasteiger partial charge in [-0.05, 0) is 44.9 Å². The van der Waals surface area contributed by atoms with E-state index in [-0.39, 0.29) is 5.54 Å². The van der Waals surface area contributed by atoms with Crippen LogP contribution in [-0.4, -0.2) is 23.2 Å². The largest absolute Gasteiger partial charge is 0.478 e. The lowest BCUT2D eigenvalue weighted by molar-refractivity contribution is -0.131. The van der Waals surface area contributed by atoms with E-state index in [9.17, 15) is 9.18 Å². The van der Waals surface area contributed by atoms with Crippen LogP contribution in [-0.2, 0) is 4.79 Å². The number of carboxylic acid groups (broad SMARTS) is 1. The van der Waals surface area contributed by atoms with Crippen molar-refractivity contribution in [2.75, 3.05) is 11.4 Å². The van der Waals surface area contributed by atoms with E-state index in [1.807, 2.05) is 6.07 Å². The summed E-state index contributed by atoms with van der Waals surface area (Å²) in [4.78, 5) is 12.8. The van der Waals surface area contributed by atoms with Crippen LogP contribution in [0.3, 0.4) is 0 Å². The summed E-state index contributed by atoms with van der Waals surface area (Å²) in [6, 6.07) is 4.86. The van der Waals surface area contributed by atoms with Gasteiger partial charge >= 0.3 is 5.97 Å². The number of anilines is 1. The highest BCUT2D eigenvalue weighted by Gasteiger charge is 2.33. The van der Waals surface area contributed by atoms with Crippen LogP contribution in [0.2, 0.25) is 0 Å². The molecule has 1 heterocycles. The number of carbonyl (C=O) groups is 1. The molecule has 3 nitrogen and oxygen atoms in total. The zero-order chi connectivity index (χ0) is 14.0. The Morgan fingerprint density at radius 3 is 2.79 bits per heavy atom. The Hall–Kier alpha value is -1.84. The van der Waals surface area contributed by atoms with Crippen molar-refractivity contribution < 1.29 is 14.3 Å². The van der Waals surface area contributed by atoms with E-state index in [1.165, 1.54) is 12.1 Å². The van der Waals surface area contributed by atoms with Crippen LogP contribution >= 0.6 is 0 Å². The molecule has 1 saturated heterocycles. The van der Waals surface area contributed by atoms with Crippen molar-refractivity contribution in [3.05, 3.63) is 35.7 Å². The van der Waals surface area contributed by atoms with E-state index in [0.29, 0.717) is 5.56 Å². The Morgan fingerprint density at radius 1 is 1.47 bits per heavy atom. The van der Waals surface area contributed by atoms with Crippen LogP contribution in [0.5, 0.6) is 0 Å². The predicted molar refractivity (Wildman–Crippen MR) is 73.7 cm³/mol. The maximum atomic E-state index is 13.9. The minimum absolute atomic E-state index is 0.0282. The van der Waals surface area contributed by atoms with Gasteiger partial charge in [0.15, 0.2) is 0 Å². The summed E-state index contributed by atoms with van der Waals surface area (Å²) in [5, 5.41) is 8.70. The molecule has 1 aromatic rings. The molecule has 2 rings (SSSR count). The summed E-state index contributed by atoms with van der Waals surface area (Å²) < 4.78 is 13.9. The number of rotatable bonds is 3. The molecule has 4 heteroatoms. The summed E-state index contributed by atoms with van der Waals surface area (Å²) in [6.07, 6.45) is 4.42. The molecule has 1 aliphatic rings. The first-order valence-corrected chi connectivity index (χ1v) is 6.39. The fourth-order valence-corrected chi connectivity index (χ4v) is 2.63. The number of benzene rings is 1. The highest BCUT2D eigenvalue weighted by atomic mass is 19.1. The Morgan fingerprint density at radius 2 is 2.21 bits per heavy atom. The van der Waals surface area contributed by atoms with Crippen molar-refractivity contribution in [2.24, 2.45) is 0 Å². The van der Waals surface area contributed by atoms with Gasteiger partial charge < -0.3 is 10.0 Å². The predicted octanol–water partition coefficient (Wildman–Crippen LogP) is 3.30. The molecule has 0 bridgehead atoms. The number of nitrogens with zero attached hydrogens (tertiary/aromatic N) is 1. The fourth-order valence-electron chi connectivity index (χ4n) is 2.63. The first-order chi connectivity index (χ1) is 8.92. The third-order valence-electron chi connectivity index (χ3n) is 3.61. The van der Waals surface area contributed by atoms with Crippen LogP contribution in [0.1, 0.15) is 32.3 Å². The Balaban J connectivity index is 2.46. The lowest BCUT2D eigenvalue weighted by atomic mass is 10.0. The highest BCUT2D eigenvalue weighted by Crippen LogP contribution is 2.36. The molecule has 0 saturated carbocycles. The molecule has 0 aromatic heterocycles. The van der Waals surface area contributed by atoms with Gasteiger partial charge in [-0.1, -0.05) is 6.07 Å². The number of carboxylic acids is 1. The molecule has 1 aromatic carbocycles. The van der Waals surface area contributed by atoms with Gasteiger partial charge in [0.25, 0.3) is 0 Å². The van der Waals surface area contributed by atoms with Crippen LogP contribution in [0, 0.1) is 5.82 Å². The van der Waals surface area contributed by atoms with Gasteiger partial charge in [0, 0.05) is 29.4 Å². The summed E-state index contributed by atoms with van der Waals surface area (Å²) in [5.74, 6) is -1.47. The number of hydrogen-bond donors (Lipinski definition) is 1.